The van der Waals surface area contributed by atoms with E-state index in [-0.39, 0.29) is 23.3 Å². The molecule has 2 fully saturated rings. The Balaban J connectivity index is 2.51. The fourth-order valence-electron chi connectivity index (χ4n) is 4.59. The molecule has 0 spiro atoms. The van der Waals surface area contributed by atoms with E-state index in [9.17, 15) is 5.11 Å². The number of rotatable bonds is 6. The van der Waals surface area contributed by atoms with Crippen molar-refractivity contribution < 1.29 is 22.8 Å². The third kappa shape index (κ3) is 4.15. The quantitative estimate of drug-likeness (QED) is 0.504. The van der Waals surface area contributed by atoms with Crippen LogP contribution in [0.2, 0.25) is 22.2 Å². The summed E-state index contributed by atoms with van der Waals surface area (Å²) in [5.74, 6) is 0. The standard InChI is InChI=1S/C20H40O5Si2/c1-10-11-17-19(21)20-18(23-17)12-22-26(13(2)3,14(4)5)25-27(24-20,15(6)7)16(8)9/h10,13-21H,1,11-12H2,2-9H3/t17-,18+,19?,20?/m0/s1. The number of hydrogen-bond acceptors (Lipinski definition) is 5. The predicted molar refractivity (Wildman–Crippen MR) is 113 cm³/mol. The maximum Gasteiger partial charge on any atom is 0.335 e. The number of aliphatic hydroxyl groups is 1. The largest absolute Gasteiger partial charge is 0.414 e. The second-order valence-corrected chi connectivity index (χ2v) is 18.1. The minimum Gasteiger partial charge on any atom is -0.414 e. The predicted octanol–water partition coefficient (Wildman–Crippen LogP) is 4.65. The van der Waals surface area contributed by atoms with Crippen LogP contribution >= 0.6 is 0 Å². The first kappa shape index (κ1) is 23.3. The maximum absolute atomic E-state index is 10.9. The molecule has 2 saturated heterocycles. The molecule has 7 heteroatoms. The van der Waals surface area contributed by atoms with Crippen LogP contribution < -0.4 is 0 Å². The fraction of sp³-hybridized carbons (Fsp3) is 0.900. The van der Waals surface area contributed by atoms with Crippen molar-refractivity contribution in [1.82, 2.24) is 0 Å². The summed E-state index contributed by atoms with van der Waals surface area (Å²) in [6.07, 6.45) is 0.755. The third-order valence-corrected chi connectivity index (χ3v) is 16.4. The van der Waals surface area contributed by atoms with Gasteiger partial charge in [-0.3, -0.25) is 0 Å². The van der Waals surface area contributed by atoms with Gasteiger partial charge in [0, 0.05) is 0 Å². The van der Waals surface area contributed by atoms with E-state index in [0.717, 1.165) is 0 Å². The molecule has 0 bridgehead atoms. The molecule has 0 aromatic rings. The SMILES string of the molecule is C=CC[C@@H]1O[C@@H]2CO[Si](C(C)C)(C(C)C)O[Si](C(C)C)(C(C)C)OC2C1O. The van der Waals surface area contributed by atoms with Gasteiger partial charge in [-0.1, -0.05) is 61.5 Å². The highest BCUT2D eigenvalue weighted by atomic mass is 28.5. The van der Waals surface area contributed by atoms with E-state index >= 15 is 0 Å². The van der Waals surface area contributed by atoms with Crippen LogP contribution in [0.1, 0.15) is 61.8 Å². The van der Waals surface area contributed by atoms with Crippen molar-refractivity contribution in [2.24, 2.45) is 0 Å². The van der Waals surface area contributed by atoms with Crippen LogP contribution in [0.4, 0.5) is 0 Å². The molecule has 1 N–H and O–H groups in total. The molecule has 158 valence electrons. The van der Waals surface area contributed by atoms with Crippen molar-refractivity contribution in [3.05, 3.63) is 12.7 Å². The van der Waals surface area contributed by atoms with Crippen LogP contribution in [0.25, 0.3) is 0 Å². The number of aliphatic hydroxyl groups excluding tert-OH is 1. The third-order valence-electron chi connectivity index (χ3n) is 6.16. The first-order valence-corrected chi connectivity index (χ1v) is 14.4. The summed E-state index contributed by atoms with van der Waals surface area (Å²) in [6, 6.07) is 0. The van der Waals surface area contributed by atoms with E-state index in [1.54, 1.807) is 6.08 Å². The number of fused-ring (bicyclic) bond motifs is 1. The first-order valence-electron chi connectivity index (χ1n) is 10.5. The smallest absolute Gasteiger partial charge is 0.335 e. The van der Waals surface area contributed by atoms with Crippen molar-refractivity contribution in [3.63, 3.8) is 0 Å². The topological polar surface area (TPSA) is 57.2 Å². The van der Waals surface area contributed by atoms with Gasteiger partial charge in [-0.05, 0) is 28.6 Å². The molecule has 27 heavy (non-hydrogen) atoms. The second kappa shape index (κ2) is 8.77. The molecule has 2 rings (SSSR count). The van der Waals surface area contributed by atoms with E-state index in [4.69, 9.17) is 17.7 Å². The van der Waals surface area contributed by atoms with Gasteiger partial charge in [-0.15, -0.1) is 6.58 Å². The van der Waals surface area contributed by atoms with E-state index in [0.29, 0.717) is 24.1 Å². The molecular weight excluding hydrogens is 376 g/mol. The zero-order chi connectivity index (χ0) is 20.6. The Morgan fingerprint density at radius 1 is 0.963 bits per heavy atom. The lowest BCUT2D eigenvalue weighted by molar-refractivity contribution is -0.0380. The van der Waals surface area contributed by atoms with Crippen LogP contribution in [0.15, 0.2) is 12.7 Å². The minimum absolute atomic E-state index is 0.245. The van der Waals surface area contributed by atoms with Gasteiger partial charge in [-0.25, -0.2) is 0 Å². The highest BCUT2D eigenvalue weighted by Gasteiger charge is 2.61. The van der Waals surface area contributed by atoms with Crippen LogP contribution in [0.3, 0.4) is 0 Å². The van der Waals surface area contributed by atoms with Gasteiger partial charge in [0.05, 0.1) is 12.7 Å². The van der Waals surface area contributed by atoms with Gasteiger partial charge in [0.25, 0.3) is 0 Å². The summed E-state index contributed by atoms with van der Waals surface area (Å²) in [5.41, 5.74) is 1.10. The van der Waals surface area contributed by atoms with Crippen molar-refractivity contribution in [2.45, 2.75) is 108 Å². The van der Waals surface area contributed by atoms with Crippen molar-refractivity contribution >= 4 is 17.1 Å². The number of hydrogen-bond donors (Lipinski definition) is 1. The zero-order valence-corrected chi connectivity index (χ0v) is 20.4. The Kier molecular flexibility index (Phi) is 7.56. The molecule has 2 unspecified atom stereocenters. The minimum atomic E-state index is -2.69. The van der Waals surface area contributed by atoms with E-state index in [1.165, 1.54) is 0 Å². The fourth-order valence-corrected chi connectivity index (χ4v) is 15.8. The Hall–Kier alpha value is -0.0262. The van der Waals surface area contributed by atoms with Crippen LogP contribution in [0.5, 0.6) is 0 Å². The lowest BCUT2D eigenvalue weighted by Crippen LogP contribution is -2.65. The Morgan fingerprint density at radius 2 is 1.48 bits per heavy atom. The van der Waals surface area contributed by atoms with Gasteiger partial charge in [-0.2, -0.15) is 0 Å². The summed E-state index contributed by atoms with van der Waals surface area (Å²) in [7, 11) is -5.24. The summed E-state index contributed by atoms with van der Waals surface area (Å²) in [6.45, 7) is 21.8. The Bertz CT molecular complexity index is 493. The number of ether oxygens (including phenoxy) is 1. The van der Waals surface area contributed by atoms with Gasteiger partial charge in [0.2, 0.25) is 0 Å². The van der Waals surface area contributed by atoms with Crippen molar-refractivity contribution in [2.75, 3.05) is 6.61 Å². The van der Waals surface area contributed by atoms with Gasteiger partial charge in [0.15, 0.2) is 0 Å². The lowest BCUT2D eigenvalue weighted by Gasteiger charge is -2.51. The molecule has 4 atom stereocenters. The zero-order valence-electron chi connectivity index (χ0n) is 18.4. The molecule has 0 aliphatic carbocycles. The summed E-state index contributed by atoms with van der Waals surface area (Å²) in [4.78, 5) is 0. The molecule has 0 amide bonds. The van der Waals surface area contributed by atoms with E-state index in [1.807, 2.05) is 0 Å². The van der Waals surface area contributed by atoms with Crippen LogP contribution in [-0.2, 0) is 17.7 Å². The molecule has 5 nitrogen and oxygen atoms in total. The summed E-state index contributed by atoms with van der Waals surface area (Å²) < 4.78 is 26.8. The molecule has 0 saturated carbocycles. The van der Waals surface area contributed by atoms with Crippen LogP contribution in [-0.4, -0.2) is 53.3 Å². The lowest BCUT2D eigenvalue weighted by atomic mass is 10.1. The maximum atomic E-state index is 10.9. The van der Waals surface area contributed by atoms with E-state index in [2.05, 4.69) is 62.0 Å². The molecule has 2 aliphatic rings. The van der Waals surface area contributed by atoms with E-state index < -0.39 is 29.3 Å². The van der Waals surface area contributed by atoms with Gasteiger partial charge < -0.3 is 22.8 Å². The monoisotopic (exact) mass is 416 g/mol. The molecule has 0 aromatic carbocycles. The Labute approximate surface area is 167 Å². The highest BCUT2D eigenvalue weighted by molar-refractivity contribution is 6.83. The molecule has 0 radical (unpaired) electrons. The average molecular weight is 417 g/mol. The molecule has 2 heterocycles. The second-order valence-electron chi connectivity index (χ2n) is 9.29. The summed E-state index contributed by atoms with van der Waals surface area (Å²) >= 11 is 0. The van der Waals surface area contributed by atoms with Crippen LogP contribution in [0, 0.1) is 0 Å². The molecule has 2 aliphatic heterocycles. The molecular formula is C20H40O5Si2. The summed E-state index contributed by atoms with van der Waals surface area (Å²) in [5, 5.41) is 10.9. The highest BCUT2D eigenvalue weighted by Crippen LogP contribution is 2.47. The van der Waals surface area contributed by atoms with Crippen molar-refractivity contribution in [1.29, 1.82) is 0 Å². The normalized spacial score (nSPS) is 33.4. The average Bonchev–Trinajstić information content (AvgIpc) is 2.82. The Morgan fingerprint density at radius 3 is 1.93 bits per heavy atom. The molecule has 0 aromatic heterocycles. The first-order chi connectivity index (χ1) is 12.5. The van der Waals surface area contributed by atoms with Gasteiger partial charge >= 0.3 is 17.1 Å². The van der Waals surface area contributed by atoms with Crippen molar-refractivity contribution in [3.8, 4) is 0 Å². The van der Waals surface area contributed by atoms with Gasteiger partial charge in [0.1, 0.15) is 18.3 Å².